The van der Waals surface area contributed by atoms with Crippen LogP contribution in [0.5, 0.6) is 0 Å². The lowest BCUT2D eigenvalue weighted by Crippen LogP contribution is -2.29. The lowest BCUT2D eigenvalue weighted by atomic mass is 10.1. The van der Waals surface area contributed by atoms with Gasteiger partial charge < -0.3 is 5.11 Å². The number of carboxylic acid groups (broad SMARTS) is 1. The number of hydrogen-bond acceptors (Lipinski definition) is 2. The Morgan fingerprint density at radius 3 is 2.00 bits per heavy atom. The van der Waals surface area contributed by atoms with E-state index in [2.05, 4.69) is 12.1 Å². The lowest BCUT2D eigenvalue weighted by Gasteiger charge is -2.24. The van der Waals surface area contributed by atoms with Crippen molar-refractivity contribution in [3.8, 4) is 0 Å². The molecule has 1 aliphatic heterocycles. The fraction of sp³-hybridized carbons (Fsp3) is 0.188. The Labute approximate surface area is 112 Å². The summed E-state index contributed by atoms with van der Waals surface area (Å²) in [6.45, 7) is 1.39. The molecule has 0 aromatic heterocycles. The molecule has 3 nitrogen and oxygen atoms in total. The second-order valence-corrected chi connectivity index (χ2v) is 4.83. The molecule has 0 amide bonds. The molecule has 96 valence electrons. The summed E-state index contributed by atoms with van der Waals surface area (Å²) >= 11 is 0. The van der Waals surface area contributed by atoms with E-state index in [-0.39, 0.29) is 0 Å². The van der Waals surface area contributed by atoms with Gasteiger partial charge in [-0.15, -0.1) is 0 Å². The first-order chi connectivity index (χ1) is 9.25. The fourth-order valence-corrected chi connectivity index (χ4v) is 2.69. The van der Waals surface area contributed by atoms with E-state index in [9.17, 15) is 9.90 Å². The van der Waals surface area contributed by atoms with E-state index in [1.807, 2.05) is 47.4 Å². The van der Waals surface area contributed by atoms with Crippen molar-refractivity contribution < 1.29 is 9.90 Å². The van der Waals surface area contributed by atoms with E-state index in [4.69, 9.17) is 0 Å². The molecule has 0 bridgehead atoms. The normalized spacial score (nSPS) is 16.0. The third kappa shape index (κ3) is 2.25. The van der Waals surface area contributed by atoms with Crippen LogP contribution in [0.2, 0.25) is 0 Å². The largest absolute Gasteiger partial charge is 0.480 e. The molecular formula is C16H15NO2. The smallest absolute Gasteiger partial charge is 0.325 e. The van der Waals surface area contributed by atoms with Crippen LogP contribution in [0.15, 0.2) is 54.6 Å². The zero-order valence-corrected chi connectivity index (χ0v) is 10.5. The maximum Gasteiger partial charge on any atom is 0.325 e. The van der Waals surface area contributed by atoms with E-state index in [1.54, 1.807) is 0 Å². The second-order valence-electron chi connectivity index (χ2n) is 4.83. The van der Waals surface area contributed by atoms with Gasteiger partial charge in [-0.3, -0.25) is 9.69 Å². The van der Waals surface area contributed by atoms with E-state index in [1.165, 1.54) is 11.1 Å². The first-order valence-electron chi connectivity index (χ1n) is 6.34. The average molecular weight is 253 g/mol. The van der Waals surface area contributed by atoms with Crippen molar-refractivity contribution in [2.24, 2.45) is 0 Å². The molecule has 19 heavy (non-hydrogen) atoms. The van der Waals surface area contributed by atoms with Gasteiger partial charge in [0.1, 0.15) is 6.04 Å². The minimum atomic E-state index is -0.793. The third-order valence-electron chi connectivity index (χ3n) is 3.58. The Morgan fingerprint density at radius 2 is 1.47 bits per heavy atom. The molecule has 0 radical (unpaired) electrons. The number of aliphatic carboxylic acids is 1. The number of rotatable bonds is 3. The summed E-state index contributed by atoms with van der Waals surface area (Å²) in [6, 6.07) is 17.0. The number of nitrogens with zero attached hydrogens (tertiary/aromatic N) is 1. The molecule has 3 rings (SSSR count). The number of carboxylic acids is 1. The molecule has 2 aromatic rings. The standard InChI is InChI=1S/C16H15NO2/c18-16(19)15(12-6-2-1-3-7-12)17-10-13-8-4-5-9-14(13)11-17/h1-9,15H,10-11H2,(H,18,19)/t15-/m1/s1. The van der Waals surface area contributed by atoms with E-state index < -0.39 is 12.0 Å². The molecule has 1 atom stereocenters. The highest BCUT2D eigenvalue weighted by Gasteiger charge is 2.31. The number of fused-ring (bicyclic) bond motifs is 1. The summed E-state index contributed by atoms with van der Waals surface area (Å²) in [5.74, 6) is -0.793. The lowest BCUT2D eigenvalue weighted by molar-refractivity contribution is -0.143. The van der Waals surface area contributed by atoms with Crippen molar-refractivity contribution in [1.82, 2.24) is 4.90 Å². The van der Waals surface area contributed by atoms with Gasteiger partial charge in [-0.05, 0) is 16.7 Å². The van der Waals surface area contributed by atoms with Gasteiger partial charge >= 0.3 is 5.97 Å². The predicted molar refractivity (Wildman–Crippen MR) is 72.5 cm³/mol. The Bertz CT molecular complexity index is 570. The fourth-order valence-electron chi connectivity index (χ4n) is 2.69. The van der Waals surface area contributed by atoms with Gasteiger partial charge in [0.05, 0.1) is 0 Å². The van der Waals surface area contributed by atoms with E-state index in [0.717, 1.165) is 5.56 Å². The second kappa shape index (κ2) is 4.86. The van der Waals surface area contributed by atoms with Gasteiger partial charge in [-0.25, -0.2) is 0 Å². The Kier molecular flexibility index (Phi) is 3.05. The van der Waals surface area contributed by atoms with E-state index >= 15 is 0 Å². The number of hydrogen-bond donors (Lipinski definition) is 1. The number of carbonyl (C=O) groups is 1. The van der Waals surface area contributed by atoms with Crippen LogP contribution in [0.1, 0.15) is 22.7 Å². The molecular weight excluding hydrogens is 238 g/mol. The minimum Gasteiger partial charge on any atom is -0.480 e. The van der Waals surface area contributed by atoms with Crippen molar-refractivity contribution >= 4 is 5.97 Å². The van der Waals surface area contributed by atoms with Crippen molar-refractivity contribution in [3.63, 3.8) is 0 Å². The molecule has 0 saturated carbocycles. The maximum absolute atomic E-state index is 11.6. The quantitative estimate of drug-likeness (QED) is 0.914. The molecule has 1 aliphatic rings. The van der Waals surface area contributed by atoms with Gasteiger partial charge in [0.15, 0.2) is 0 Å². The average Bonchev–Trinajstić information content (AvgIpc) is 2.82. The molecule has 1 heterocycles. The summed E-state index contributed by atoms with van der Waals surface area (Å²) in [4.78, 5) is 13.6. The highest BCUT2D eigenvalue weighted by Crippen LogP contribution is 2.31. The van der Waals surface area contributed by atoms with Gasteiger partial charge in [0.2, 0.25) is 0 Å². The highest BCUT2D eigenvalue weighted by molar-refractivity contribution is 5.75. The molecule has 0 unspecified atom stereocenters. The van der Waals surface area contributed by atoms with Crippen molar-refractivity contribution in [3.05, 3.63) is 71.3 Å². The van der Waals surface area contributed by atoms with Crippen LogP contribution in [0, 0.1) is 0 Å². The highest BCUT2D eigenvalue weighted by atomic mass is 16.4. The Balaban J connectivity index is 1.91. The molecule has 1 N–H and O–H groups in total. The van der Waals surface area contributed by atoms with Gasteiger partial charge in [0.25, 0.3) is 0 Å². The summed E-state index contributed by atoms with van der Waals surface area (Å²) in [6.07, 6.45) is 0. The maximum atomic E-state index is 11.6. The SMILES string of the molecule is O=C(O)[C@@H](c1ccccc1)N1Cc2ccccc2C1. The van der Waals surface area contributed by atoms with Gasteiger partial charge in [-0.1, -0.05) is 54.6 Å². The molecule has 2 aromatic carbocycles. The first-order valence-corrected chi connectivity index (χ1v) is 6.34. The van der Waals surface area contributed by atoms with Crippen molar-refractivity contribution in [2.75, 3.05) is 0 Å². The molecule has 0 saturated heterocycles. The molecule has 0 aliphatic carbocycles. The number of benzene rings is 2. The Morgan fingerprint density at radius 1 is 0.947 bits per heavy atom. The van der Waals surface area contributed by atoms with Crippen molar-refractivity contribution in [1.29, 1.82) is 0 Å². The first kappa shape index (κ1) is 11.9. The third-order valence-corrected chi connectivity index (χ3v) is 3.58. The summed E-state index contributed by atoms with van der Waals surface area (Å²) in [5, 5.41) is 9.52. The molecule has 3 heteroatoms. The predicted octanol–water partition coefficient (Wildman–Crippen LogP) is 2.83. The van der Waals surface area contributed by atoms with Gasteiger partial charge in [0, 0.05) is 13.1 Å². The van der Waals surface area contributed by atoms with Crippen LogP contribution in [0.4, 0.5) is 0 Å². The topological polar surface area (TPSA) is 40.5 Å². The van der Waals surface area contributed by atoms with Crippen LogP contribution >= 0.6 is 0 Å². The van der Waals surface area contributed by atoms with Crippen LogP contribution < -0.4 is 0 Å². The Hall–Kier alpha value is -2.13. The zero-order chi connectivity index (χ0) is 13.2. The minimum absolute atomic E-state index is 0.575. The molecule has 0 spiro atoms. The molecule has 0 fully saturated rings. The summed E-state index contributed by atoms with van der Waals surface area (Å²) in [5.41, 5.74) is 3.29. The van der Waals surface area contributed by atoms with Crippen LogP contribution in [0.3, 0.4) is 0 Å². The van der Waals surface area contributed by atoms with Crippen LogP contribution in [-0.4, -0.2) is 16.0 Å². The van der Waals surface area contributed by atoms with Gasteiger partial charge in [-0.2, -0.15) is 0 Å². The summed E-state index contributed by atoms with van der Waals surface area (Å²) < 4.78 is 0. The monoisotopic (exact) mass is 253 g/mol. The summed E-state index contributed by atoms with van der Waals surface area (Å²) in [7, 11) is 0. The van der Waals surface area contributed by atoms with E-state index in [0.29, 0.717) is 13.1 Å². The van der Waals surface area contributed by atoms with Crippen molar-refractivity contribution in [2.45, 2.75) is 19.1 Å². The van der Waals surface area contributed by atoms with Crippen LogP contribution in [0.25, 0.3) is 0 Å². The zero-order valence-electron chi connectivity index (χ0n) is 10.5. The van der Waals surface area contributed by atoms with Crippen LogP contribution in [-0.2, 0) is 17.9 Å².